The fourth-order valence-electron chi connectivity index (χ4n) is 2.34. The molecule has 1 heterocycles. The molecule has 19 heavy (non-hydrogen) atoms. The summed E-state index contributed by atoms with van der Waals surface area (Å²) < 4.78 is 0. The molecule has 1 fully saturated rings. The molecule has 0 bridgehead atoms. The molecule has 1 aromatic carbocycles. The lowest BCUT2D eigenvalue weighted by Crippen LogP contribution is -2.35. The standard InChI is InChI=1S/C15H20N2O2/c1-11(2)17-10-13(8-14(17)18)15(19)16-9-12-6-4-3-5-7-12/h3-7,11,13H,8-10H2,1-2H3,(H,16,19). The van der Waals surface area contributed by atoms with E-state index in [4.69, 9.17) is 0 Å². The molecule has 0 saturated carbocycles. The van der Waals surface area contributed by atoms with Crippen LogP contribution in [-0.4, -0.2) is 29.3 Å². The maximum Gasteiger partial charge on any atom is 0.225 e. The van der Waals surface area contributed by atoms with Crippen molar-refractivity contribution in [1.82, 2.24) is 10.2 Å². The average molecular weight is 260 g/mol. The molecule has 1 atom stereocenters. The van der Waals surface area contributed by atoms with Crippen LogP contribution in [0.2, 0.25) is 0 Å². The number of carbonyl (C=O) groups excluding carboxylic acids is 2. The fourth-order valence-corrected chi connectivity index (χ4v) is 2.34. The highest BCUT2D eigenvalue weighted by molar-refractivity contribution is 5.89. The van der Waals surface area contributed by atoms with Gasteiger partial charge in [-0.1, -0.05) is 30.3 Å². The summed E-state index contributed by atoms with van der Waals surface area (Å²) in [5.74, 6) is -0.158. The van der Waals surface area contributed by atoms with Crippen molar-refractivity contribution in [2.24, 2.45) is 5.92 Å². The molecular formula is C15H20N2O2. The van der Waals surface area contributed by atoms with Gasteiger partial charge in [0.25, 0.3) is 0 Å². The van der Waals surface area contributed by atoms with Gasteiger partial charge in [-0.15, -0.1) is 0 Å². The Morgan fingerprint density at radius 1 is 1.37 bits per heavy atom. The summed E-state index contributed by atoms with van der Waals surface area (Å²) in [5.41, 5.74) is 1.07. The van der Waals surface area contributed by atoms with Crippen LogP contribution in [0.15, 0.2) is 30.3 Å². The highest BCUT2D eigenvalue weighted by atomic mass is 16.2. The SMILES string of the molecule is CC(C)N1CC(C(=O)NCc2ccccc2)CC1=O. The maximum atomic E-state index is 12.0. The minimum atomic E-state index is -0.210. The monoisotopic (exact) mass is 260 g/mol. The van der Waals surface area contributed by atoms with E-state index in [2.05, 4.69) is 5.32 Å². The van der Waals surface area contributed by atoms with Crippen molar-refractivity contribution in [3.05, 3.63) is 35.9 Å². The first kappa shape index (κ1) is 13.6. The molecule has 2 amide bonds. The number of nitrogens with one attached hydrogen (secondary N) is 1. The number of benzene rings is 1. The summed E-state index contributed by atoms with van der Waals surface area (Å²) in [6.07, 6.45) is 0.332. The Morgan fingerprint density at radius 3 is 2.63 bits per heavy atom. The molecule has 1 aliphatic heterocycles. The van der Waals surface area contributed by atoms with Crippen LogP contribution in [0.4, 0.5) is 0 Å². The van der Waals surface area contributed by atoms with E-state index >= 15 is 0 Å². The maximum absolute atomic E-state index is 12.0. The summed E-state index contributed by atoms with van der Waals surface area (Å²) in [6.45, 7) is 5.01. The Bertz CT molecular complexity index is 456. The van der Waals surface area contributed by atoms with E-state index in [-0.39, 0.29) is 23.8 Å². The predicted molar refractivity (Wildman–Crippen MR) is 73.2 cm³/mol. The van der Waals surface area contributed by atoms with Gasteiger partial charge in [0.2, 0.25) is 11.8 Å². The zero-order chi connectivity index (χ0) is 13.8. The van der Waals surface area contributed by atoms with Crippen LogP contribution in [0, 0.1) is 5.92 Å². The Balaban J connectivity index is 1.86. The molecular weight excluding hydrogens is 240 g/mol. The molecule has 0 radical (unpaired) electrons. The van der Waals surface area contributed by atoms with Gasteiger partial charge in [-0.2, -0.15) is 0 Å². The Morgan fingerprint density at radius 2 is 2.05 bits per heavy atom. The second-order valence-corrected chi connectivity index (χ2v) is 5.24. The molecule has 1 saturated heterocycles. The highest BCUT2D eigenvalue weighted by Crippen LogP contribution is 2.20. The molecule has 1 aromatic rings. The normalized spacial score (nSPS) is 19.0. The van der Waals surface area contributed by atoms with Gasteiger partial charge in [-0.25, -0.2) is 0 Å². The van der Waals surface area contributed by atoms with Crippen molar-refractivity contribution in [3.63, 3.8) is 0 Å². The topological polar surface area (TPSA) is 49.4 Å². The van der Waals surface area contributed by atoms with Crippen molar-refractivity contribution < 1.29 is 9.59 Å². The van der Waals surface area contributed by atoms with Gasteiger partial charge in [0.15, 0.2) is 0 Å². The lowest BCUT2D eigenvalue weighted by atomic mass is 10.1. The van der Waals surface area contributed by atoms with Gasteiger partial charge < -0.3 is 10.2 Å². The van der Waals surface area contributed by atoms with E-state index in [9.17, 15) is 9.59 Å². The number of rotatable bonds is 4. The van der Waals surface area contributed by atoms with Crippen LogP contribution >= 0.6 is 0 Å². The number of carbonyl (C=O) groups is 2. The summed E-state index contributed by atoms with van der Waals surface area (Å²) in [5, 5.41) is 2.90. The molecule has 1 N–H and O–H groups in total. The molecule has 4 nitrogen and oxygen atoms in total. The van der Waals surface area contributed by atoms with Crippen LogP contribution in [0.1, 0.15) is 25.8 Å². The third-order valence-corrected chi connectivity index (χ3v) is 3.46. The minimum Gasteiger partial charge on any atom is -0.352 e. The second-order valence-electron chi connectivity index (χ2n) is 5.24. The van der Waals surface area contributed by atoms with Gasteiger partial charge in [0.1, 0.15) is 0 Å². The van der Waals surface area contributed by atoms with Crippen LogP contribution in [0.3, 0.4) is 0 Å². The van der Waals surface area contributed by atoms with Crippen molar-refractivity contribution >= 4 is 11.8 Å². The van der Waals surface area contributed by atoms with E-state index in [0.717, 1.165) is 5.56 Å². The number of hydrogen-bond acceptors (Lipinski definition) is 2. The Labute approximate surface area is 113 Å². The second kappa shape index (κ2) is 5.87. The van der Waals surface area contributed by atoms with Gasteiger partial charge in [0.05, 0.1) is 5.92 Å². The lowest BCUT2D eigenvalue weighted by Gasteiger charge is -2.20. The van der Waals surface area contributed by atoms with Gasteiger partial charge in [-0.05, 0) is 19.4 Å². The average Bonchev–Trinajstić information content (AvgIpc) is 2.79. The summed E-state index contributed by atoms with van der Waals surface area (Å²) in [4.78, 5) is 25.6. The molecule has 0 aliphatic carbocycles. The first-order valence-corrected chi connectivity index (χ1v) is 6.69. The van der Waals surface area contributed by atoms with E-state index in [0.29, 0.717) is 19.5 Å². The lowest BCUT2D eigenvalue weighted by molar-refractivity contribution is -0.129. The molecule has 102 valence electrons. The van der Waals surface area contributed by atoms with Crippen LogP contribution in [0.25, 0.3) is 0 Å². The summed E-state index contributed by atoms with van der Waals surface area (Å²) in [7, 11) is 0. The van der Waals surface area contributed by atoms with Crippen LogP contribution < -0.4 is 5.32 Å². The Hall–Kier alpha value is -1.84. The van der Waals surface area contributed by atoms with Gasteiger partial charge in [0, 0.05) is 25.6 Å². The Kier molecular flexibility index (Phi) is 4.20. The number of amides is 2. The number of nitrogens with zero attached hydrogens (tertiary/aromatic N) is 1. The molecule has 2 rings (SSSR count). The predicted octanol–water partition coefficient (Wildman–Crippen LogP) is 1.56. The zero-order valence-electron chi connectivity index (χ0n) is 11.4. The summed E-state index contributed by atoms with van der Waals surface area (Å²) >= 11 is 0. The van der Waals surface area contributed by atoms with E-state index in [1.807, 2.05) is 44.2 Å². The molecule has 0 spiro atoms. The molecule has 0 aromatic heterocycles. The quantitative estimate of drug-likeness (QED) is 0.893. The molecule has 4 heteroatoms. The van der Waals surface area contributed by atoms with E-state index < -0.39 is 0 Å². The highest BCUT2D eigenvalue weighted by Gasteiger charge is 2.35. The smallest absolute Gasteiger partial charge is 0.225 e. The van der Waals surface area contributed by atoms with Gasteiger partial charge in [-0.3, -0.25) is 9.59 Å². The van der Waals surface area contributed by atoms with Gasteiger partial charge >= 0.3 is 0 Å². The van der Waals surface area contributed by atoms with E-state index in [1.54, 1.807) is 4.90 Å². The van der Waals surface area contributed by atoms with Crippen molar-refractivity contribution in [3.8, 4) is 0 Å². The third kappa shape index (κ3) is 3.34. The first-order chi connectivity index (χ1) is 9.08. The van der Waals surface area contributed by atoms with Crippen LogP contribution in [-0.2, 0) is 16.1 Å². The molecule has 1 unspecified atom stereocenters. The zero-order valence-corrected chi connectivity index (χ0v) is 11.4. The molecule has 1 aliphatic rings. The third-order valence-electron chi connectivity index (χ3n) is 3.46. The largest absolute Gasteiger partial charge is 0.352 e. The van der Waals surface area contributed by atoms with Crippen LogP contribution in [0.5, 0.6) is 0 Å². The van der Waals surface area contributed by atoms with E-state index in [1.165, 1.54) is 0 Å². The first-order valence-electron chi connectivity index (χ1n) is 6.69. The summed E-state index contributed by atoms with van der Waals surface area (Å²) in [6, 6.07) is 9.95. The number of likely N-dealkylation sites (tertiary alicyclic amines) is 1. The fraction of sp³-hybridized carbons (Fsp3) is 0.467. The minimum absolute atomic E-state index is 0.0275. The number of hydrogen-bond donors (Lipinski definition) is 1. The van der Waals surface area contributed by atoms with Crippen molar-refractivity contribution in [1.29, 1.82) is 0 Å². The van der Waals surface area contributed by atoms with Crippen molar-refractivity contribution in [2.75, 3.05) is 6.54 Å². The van der Waals surface area contributed by atoms with Crippen molar-refractivity contribution in [2.45, 2.75) is 32.9 Å².